The van der Waals surface area contributed by atoms with E-state index >= 15 is 0 Å². The number of nitrogens with zero attached hydrogens (tertiary/aromatic N) is 3. The summed E-state index contributed by atoms with van der Waals surface area (Å²) < 4.78 is 1.75. The van der Waals surface area contributed by atoms with Crippen molar-refractivity contribution >= 4 is 33.9 Å². The summed E-state index contributed by atoms with van der Waals surface area (Å²) >= 11 is 0. The molecule has 0 unspecified atom stereocenters. The van der Waals surface area contributed by atoms with Gasteiger partial charge in [-0.3, -0.25) is 14.6 Å². The Morgan fingerprint density at radius 2 is 1.93 bits per heavy atom. The number of carbonyl (C=O) groups is 1. The molecule has 0 aliphatic rings. The van der Waals surface area contributed by atoms with Crippen LogP contribution in [0.4, 0.5) is 0 Å². The van der Waals surface area contributed by atoms with Crippen molar-refractivity contribution in [1.82, 2.24) is 15.0 Å². The molecule has 27 heavy (non-hydrogen) atoms. The van der Waals surface area contributed by atoms with E-state index in [1.54, 1.807) is 29.9 Å². The molecule has 132 valence electrons. The highest BCUT2D eigenvalue weighted by Crippen LogP contribution is 2.14. The van der Waals surface area contributed by atoms with E-state index in [9.17, 15) is 9.59 Å². The van der Waals surface area contributed by atoms with E-state index in [1.165, 1.54) is 12.4 Å². The van der Waals surface area contributed by atoms with Gasteiger partial charge in [0.2, 0.25) is 5.43 Å². The van der Waals surface area contributed by atoms with E-state index in [0.29, 0.717) is 5.39 Å². The van der Waals surface area contributed by atoms with Gasteiger partial charge in [0.15, 0.2) is 0 Å². The SMILES string of the molecule is Cn1cc(C(=O)N/N=C/c2cccc3cccnc23)c(=O)c2ccccc21. The van der Waals surface area contributed by atoms with Crippen LogP contribution in [-0.4, -0.2) is 21.7 Å². The zero-order valence-corrected chi connectivity index (χ0v) is 14.6. The van der Waals surface area contributed by atoms with Gasteiger partial charge in [-0.2, -0.15) is 5.10 Å². The third-order valence-corrected chi connectivity index (χ3v) is 4.37. The smallest absolute Gasteiger partial charge is 0.276 e. The molecule has 0 bridgehead atoms. The number of pyridine rings is 2. The summed E-state index contributed by atoms with van der Waals surface area (Å²) in [4.78, 5) is 29.4. The Kier molecular flexibility index (Phi) is 4.22. The van der Waals surface area contributed by atoms with E-state index in [-0.39, 0.29) is 11.0 Å². The van der Waals surface area contributed by atoms with Gasteiger partial charge in [-0.1, -0.05) is 36.4 Å². The molecule has 0 atom stereocenters. The topological polar surface area (TPSA) is 76.3 Å². The molecule has 0 aliphatic carbocycles. The molecule has 0 fully saturated rings. The molecular weight excluding hydrogens is 340 g/mol. The first-order valence-corrected chi connectivity index (χ1v) is 8.40. The Balaban J connectivity index is 1.63. The van der Waals surface area contributed by atoms with E-state index in [4.69, 9.17) is 0 Å². The number of hydrazone groups is 1. The molecule has 2 heterocycles. The monoisotopic (exact) mass is 356 g/mol. The lowest BCUT2D eigenvalue weighted by Crippen LogP contribution is -2.26. The highest BCUT2D eigenvalue weighted by molar-refractivity contribution is 6.00. The van der Waals surface area contributed by atoms with Gasteiger partial charge >= 0.3 is 0 Å². The third kappa shape index (κ3) is 3.08. The minimum Gasteiger partial charge on any atom is -0.350 e. The quantitative estimate of drug-likeness (QED) is 0.453. The minimum atomic E-state index is -0.550. The fourth-order valence-electron chi connectivity index (χ4n) is 3.05. The van der Waals surface area contributed by atoms with Crippen molar-refractivity contribution in [2.45, 2.75) is 0 Å². The van der Waals surface area contributed by atoms with Crippen LogP contribution in [0.1, 0.15) is 15.9 Å². The molecular formula is C21H16N4O2. The fraction of sp³-hybridized carbons (Fsp3) is 0.0476. The van der Waals surface area contributed by atoms with E-state index in [0.717, 1.165) is 22.0 Å². The molecule has 0 spiro atoms. The van der Waals surface area contributed by atoms with E-state index < -0.39 is 5.91 Å². The van der Waals surface area contributed by atoms with Crippen molar-refractivity contribution in [1.29, 1.82) is 0 Å². The number of rotatable bonds is 3. The first-order chi connectivity index (χ1) is 13.1. The molecule has 2 aromatic carbocycles. The van der Waals surface area contributed by atoms with Crippen LogP contribution in [0.2, 0.25) is 0 Å². The van der Waals surface area contributed by atoms with Crippen molar-refractivity contribution in [3.8, 4) is 0 Å². The molecule has 6 heteroatoms. The predicted octanol–water partition coefficient (Wildman–Crippen LogP) is 2.85. The molecule has 0 aliphatic heterocycles. The van der Waals surface area contributed by atoms with Crippen LogP contribution in [0.25, 0.3) is 21.8 Å². The second-order valence-corrected chi connectivity index (χ2v) is 6.12. The fourth-order valence-corrected chi connectivity index (χ4v) is 3.05. The van der Waals surface area contributed by atoms with Gasteiger partial charge in [0.25, 0.3) is 5.91 Å². The first kappa shape index (κ1) is 16.7. The number of carbonyl (C=O) groups excluding carboxylic acids is 1. The summed E-state index contributed by atoms with van der Waals surface area (Å²) in [6.45, 7) is 0. The van der Waals surface area contributed by atoms with E-state index in [1.807, 2.05) is 42.5 Å². The van der Waals surface area contributed by atoms with Crippen molar-refractivity contribution in [2.75, 3.05) is 0 Å². The summed E-state index contributed by atoms with van der Waals surface area (Å²) in [5.74, 6) is -0.550. The number of aromatic nitrogens is 2. The van der Waals surface area contributed by atoms with Crippen molar-refractivity contribution in [3.63, 3.8) is 0 Å². The number of benzene rings is 2. The maximum Gasteiger partial charge on any atom is 0.276 e. The van der Waals surface area contributed by atoms with Gasteiger partial charge < -0.3 is 4.57 Å². The number of para-hydroxylation sites is 2. The standard InChI is InChI=1S/C21H16N4O2/c1-25-13-17(20(26)16-9-2-3-10-18(16)25)21(27)24-23-12-15-7-4-6-14-8-5-11-22-19(14)15/h2-13H,1H3,(H,24,27)/b23-12+. The maximum absolute atomic E-state index is 12.6. The molecule has 6 nitrogen and oxygen atoms in total. The second-order valence-electron chi connectivity index (χ2n) is 6.12. The zero-order valence-electron chi connectivity index (χ0n) is 14.6. The van der Waals surface area contributed by atoms with Crippen LogP contribution in [0, 0.1) is 0 Å². The summed E-state index contributed by atoms with van der Waals surface area (Å²) in [7, 11) is 1.80. The van der Waals surface area contributed by atoms with Crippen molar-refractivity contribution < 1.29 is 4.79 Å². The van der Waals surface area contributed by atoms with Crippen LogP contribution in [-0.2, 0) is 7.05 Å². The Morgan fingerprint density at radius 3 is 2.81 bits per heavy atom. The van der Waals surface area contributed by atoms with Gasteiger partial charge in [0.1, 0.15) is 5.56 Å². The maximum atomic E-state index is 12.6. The van der Waals surface area contributed by atoms with Gasteiger partial charge in [0, 0.05) is 35.8 Å². The number of fused-ring (bicyclic) bond motifs is 2. The van der Waals surface area contributed by atoms with Gasteiger partial charge in [-0.15, -0.1) is 0 Å². The summed E-state index contributed by atoms with van der Waals surface area (Å²) in [6.07, 6.45) is 4.75. The molecule has 1 N–H and O–H groups in total. The first-order valence-electron chi connectivity index (χ1n) is 8.40. The molecule has 0 saturated heterocycles. The normalized spacial score (nSPS) is 11.3. The molecule has 2 aromatic heterocycles. The average Bonchev–Trinajstić information content (AvgIpc) is 2.71. The van der Waals surface area contributed by atoms with Gasteiger partial charge in [-0.25, -0.2) is 5.43 Å². The van der Waals surface area contributed by atoms with Crippen LogP contribution in [0.15, 0.2) is 76.9 Å². The lowest BCUT2D eigenvalue weighted by Gasteiger charge is -2.07. The van der Waals surface area contributed by atoms with Crippen LogP contribution >= 0.6 is 0 Å². The van der Waals surface area contributed by atoms with Crippen LogP contribution in [0.3, 0.4) is 0 Å². The van der Waals surface area contributed by atoms with Crippen molar-refractivity contribution in [2.24, 2.45) is 12.1 Å². The highest BCUT2D eigenvalue weighted by Gasteiger charge is 2.13. The summed E-state index contributed by atoms with van der Waals surface area (Å²) in [6, 6.07) is 16.7. The second kappa shape index (κ2) is 6.84. The lowest BCUT2D eigenvalue weighted by molar-refractivity contribution is 0.0953. The van der Waals surface area contributed by atoms with Gasteiger partial charge in [0.05, 0.1) is 17.2 Å². The molecule has 0 radical (unpaired) electrons. The number of hydrogen-bond acceptors (Lipinski definition) is 4. The number of nitrogens with one attached hydrogen (secondary N) is 1. The Labute approximate surface area is 154 Å². The molecule has 0 saturated carbocycles. The molecule has 4 aromatic rings. The van der Waals surface area contributed by atoms with Gasteiger partial charge in [-0.05, 0) is 18.2 Å². The number of aryl methyl sites for hydroxylation is 1. The Morgan fingerprint density at radius 1 is 1.11 bits per heavy atom. The lowest BCUT2D eigenvalue weighted by atomic mass is 10.1. The third-order valence-electron chi connectivity index (χ3n) is 4.37. The summed E-state index contributed by atoms with van der Waals surface area (Å²) in [5.41, 5.74) is 4.50. The minimum absolute atomic E-state index is 0.0457. The Hall–Kier alpha value is -3.80. The average molecular weight is 356 g/mol. The highest BCUT2D eigenvalue weighted by atomic mass is 16.2. The zero-order chi connectivity index (χ0) is 18.8. The molecule has 4 rings (SSSR count). The van der Waals surface area contributed by atoms with Crippen molar-refractivity contribution in [3.05, 3.63) is 88.3 Å². The summed E-state index contributed by atoms with van der Waals surface area (Å²) in [5, 5.41) is 5.48. The molecule has 1 amide bonds. The predicted molar refractivity (Wildman–Crippen MR) is 106 cm³/mol. The van der Waals surface area contributed by atoms with Crippen LogP contribution < -0.4 is 10.9 Å². The number of hydrogen-bond donors (Lipinski definition) is 1. The largest absolute Gasteiger partial charge is 0.350 e. The number of amides is 1. The van der Waals surface area contributed by atoms with Crippen LogP contribution in [0.5, 0.6) is 0 Å². The van der Waals surface area contributed by atoms with E-state index in [2.05, 4.69) is 15.5 Å². The Bertz CT molecular complexity index is 1250.